The summed E-state index contributed by atoms with van der Waals surface area (Å²) in [6, 6.07) is 12.6. The largest absolute Gasteiger partial charge is 0.368 e. The Hall–Kier alpha value is -2.56. The molecule has 2 aliphatic rings. The van der Waals surface area contributed by atoms with Gasteiger partial charge in [-0.25, -0.2) is 0 Å². The first-order valence-electron chi connectivity index (χ1n) is 10.1. The highest BCUT2D eigenvalue weighted by molar-refractivity contribution is 5.94. The quantitative estimate of drug-likeness (QED) is 0.837. The van der Waals surface area contributed by atoms with Crippen LogP contribution >= 0.6 is 0 Å². The van der Waals surface area contributed by atoms with E-state index in [9.17, 15) is 4.79 Å². The number of hydrogen-bond donors (Lipinski definition) is 0. The molecule has 2 aromatic rings. The minimum atomic E-state index is 0.133. The summed E-state index contributed by atoms with van der Waals surface area (Å²) in [7, 11) is 0. The van der Waals surface area contributed by atoms with Crippen molar-refractivity contribution in [3.05, 3.63) is 54.4 Å². The first kappa shape index (κ1) is 17.8. The summed E-state index contributed by atoms with van der Waals surface area (Å²) in [4.78, 5) is 24.0. The highest BCUT2D eigenvalue weighted by Crippen LogP contribution is 2.21. The average molecular weight is 364 g/mol. The van der Waals surface area contributed by atoms with Crippen molar-refractivity contribution in [3.63, 3.8) is 0 Å². The molecule has 0 unspecified atom stereocenters. The van der Waals surface area contributed by atoms with E-state index in [0.29, 0.717) is 0 Å². The fourth-order valence-electron chi connectivity index (χ4n) is 4.04. The number of amides is 1. The molecule has 1 aromatic heterocycles. The molecule has 27 heavy (non-hydrogen) atoms. The van der Waals surface area contributed by atoms with E-state index in [0.717, 1.165) is 63.4 Å². The molecule has 5 nitrogen and oxygen atoms in total. The van der Waals surface area contributed by atoms with Crippen molar-refractivity contribution in [1.82, 2.24) is 9.88 Å². The fourth-order valence-corrected chi connectivity index (χ4v) is 4.04. The first-order chi connectivity index (χ1) is 13.3. The van der Waals surface area contributed by atoms with Crippen LogP contribution in [0.1, 0.15) is 36.0 Å². The third-order valence-corrected chi connectivity index (χ3v) is 5.63. The van der Waals surface area contributed by atoms with Gasteiger partial charge in [-0.3, -0.25) is 9.78 Å². The van der Waals surface area contributed by atoms with E-state index in [1.807, 2.05) is 17.2 Å². The van der Waals surface area contributed by atoms with E-state index in [1.54, 1.807) is 6.20 Å². The topological polar surface area (TPSA) is 39.7 Å². The summed E-state index contributed by atoms with van der Waals surface area (Å²) in [5.41, 5.74) is 3.06. The van der Waals surface area contributed by atoms with Crippen molar-refractivity contribution >= 4 is 17.3 Å². The molecule has 2 saturated heterocycles. The first-order valence-corrected chi connectivity index (χ1v) is 10.1. The lowest BCUT2D eigenvalue weighted by Crippen LogP contribution is -2.46. The Morgan fingerprint density at radius 1 is 0.741 bits per heavy atom. The molecule has 0 aliphatic carbocycles. The number of piperazine rings is 1. The van der Waals surface area contributed by atoms with Crippen LogP contribution in [0.2, 0.25) is 0 Å². The number of likely N-dealkylation sites (tertiary alicyclic amines) is 1. The molecule has 0 bridgehead atoms. The third kappa shape index (κ3) is 4.24. The Morgan fingerprint density at radius 3 is 2.04 bits per heavy atom. The average Bonchev–Trinajstić information content (AvgIpc) is 3.04. The number of para-hydroxylation sites is 1. The number of anilines is 2. The molecule has 0 atom stereocenters. The van der Waals surface area contributed by atoms with Gasteiger partial charge in [0.2, 0.25) is 0 Å². The van der Waals surface area contributed by atoms with Crippen LogP contribution in [0.5, 0.6) is 0 Å². The predicted octanol–water partition coefficient (Wildman–Crippen LogP) is 3.42. The van der Waals surface area contributed by atoms with Crippen LogP contribution in [0.15, 0.2) is 48.8 Å². The minimum absolute atomic E-state index is 0.133. The number of benzene rings is 1. The molecule has 2 fully saturated rings. The number of hydrogen-bond acceptors (Lipinski definition) is 4. The van der Waals surface area contributed by atoms with Crippen LogP contribution in [0.3, 0.4) is 0 Å². The highest BCUT2D eigenvalue weighted by Gasteiger charge is 2.21. The smallest absolute Gasteiger partial charge is 0.255 e. The number of nitrogens with zero attached hydrogens (tertiary/aromatic N) is 4. The number of rotatable bonds is 3. The van der Waals surface area contributed by atoms with Crippen molar-refractivity contribution in [1.29, 1.82) is 0 Å². The SMILES string of the molecule is O=C(c1cncc(N2CCN(c3ccccc3)CC2)c1)N1CCCCCC1. The van der Waals surface area contributed by atoms with Crippen LogP contribution < -0.4 is 9.80 Å². The Morgan fingerprint density at radius 2 is 1.37 bits per heavy atom. The lowest BCUT2D eigenvalue weighted by Gasteiger charge is -2.37. The van der Waals surface area contributed by atoms with E-state index in [-0.39, 0.29) is 5.91 Å². The van der Waals surface area contributed by atoms with Crippen LogP contribution in [-0.2, 0) is 0 Å². The summed E-state index contributed by atoms with van der Waals surface area (Å²) in [5.74, 6) is 0.133. The second-order valence-electron chi connectivity index (χ2n) is 7.45. The molecule has 0 N–H and O–H groups in total. The van der Waals surface area contributed by atoms with Crippen molar-refractivity contribution in [2.24, 2.45) is 0 Å². The zero-order valence-electron chi connectivity index (χ0n) is 15.9. The van der Waals surface area contributed by atoms with E-state index in [2.05, 4.69) is 45.1 Å². The van der Waals surface area contributed by atoms with E-state index in [1.165, 1.54) is 18.5 Å². The zero-order chi connectivity index (χ0) is 18.5. The zero-order valence-corrected chi connectivity index (χ0v) is 15.9. The summed E-state index contributed by atoms with van der Waals surface area (Å²) in [6.45, 7) is 5.59. The maximum Gasteiger partial charge on any atom is 0.255 e. The normalized spacial score (nSPS) is 18.3. The molecular formula is C22H28N4O. The number of carbonyl (C=O) groups excluding carboxylic acids is 1. The molecule has 5 heteroatoms. The summed E-state index contributed by atoms with van der Waals surface area (Å²) in [5, 5.41) is 0. The van der Waals surface area contributed by atoms with Crippen LogP contribution in [0.4, 0.5) is 11.4 Å². The summed E-state index contributed by atoms with van der Waals surface area (Å²) >= 11 is 0. The monoisotopic (exact) mass is 364 g/mol. The fraction of sp³-hybridized carbons (Fsp3) is 0.455. The standard InChI is InChI=1S/C22H28N4O/c27-22(26-10-6-1-2-7-11-26)19-16-21(18-23-17-19)25-14-12-24(13-15-25)20-8-4-3-5-9-20/h3-5,8-9,16-18H,1-2,6-7,10-15H2. The van der Waals surface area contributed by atoms with Crippen molar-refractivity contribution in [3.8, 4) is 0 Å². The number of aromatic nitrogens is 1. The molecule has 0 saturated carbocycles. The van der Waals surface area contributed by atoms with Crippen molar-refractivity contribution in [2.75, 3.05) is 49.1 Å². The van der Waals surface area contributed by atoms with Gasteiger partial charge in [0.25, 0.3) is 5.91 Å². The van der Waals surface area contributed by atoms with Crippen LogP contribution in [0, 0.1) is 0 Å². The van der Waals surface area contributed by atoms with E-state index >= 15 is 0 Å². The van der Waals surface area contributed by atoms with Gasteiger partial charge in [-0.05, 0) is 31.0 Å². The van der Waals surface area contributed by atoms with Crippen LogP contribution in [-0.4, -0.2) is 55.1 Å². The lowest BCUT2D eigenvalue weighted by atomic mass is 10.2. The van der Waals surface area contributed by atoms with Gasteiger partial charge in [0, 0.05) is 51.2 Å². The Kier molecular flexibility index (Phi) is 5.56. The molecule has 1 aromatic carbocycles. The molecular weight excluding hydrogens is 336 g/mol. The highest BCUT2D eigenvalue weighted by atomic mass is 16.2. The van der Waals surface area contributed by atoms with Gasteiger partial charge in [-0.15, -0.1) is 0 Å². The molecule has 0 spiro atoms. The summed E-state index contributed by atoms with van der Waals surface area (Å²) in [6.07, 6.45) is 8.29. The minimum Gasteiger partial charge on any atom is -0.368 e. The molecule has 0 radical (unpaired) electrons. The Labute approximate surface area is 161 Å². The maximum atomic E-state index is 12.9. The number of pyridine rings is 1. The molecule has 2 aliphatic heterocycles. The van der Waals surface area contributed by atoms with Crippen molar-refractivity contribution < 1.29 is 4.79 Å². The van der Waals surface area contributed by atoms with Gasteiger partial charge in [0.05, 0.1) is 17.4 Å². The van der Waals surface area contributed by atoms with Gasteiger partial charge in [0.1, 0.15) is 0 Å². The van der Waals surface area contributed by atoms with Gasteiger partial charge >= 0.3 is 0 Å². The van der Waals surface area contributed by atoms with Gasteiger partial charge < -0.3 is 14.7 Å². The van der Waals surface area contributed by atoms with Crippen molar-refractivity contribution in [2.45, 2.75) is 25.7 Å². The second-order valence-corrected chi connectivity index (χ2v) is 7.45. The third-order valence-electron chi connectivity index (χ3n) is 5.63. The number of carbonyl (C=O) groups is 1. The van der Waals surface area contributed by atoms with Crippen LogP contribution in [0.25, 0.3) is 0 Å². The van der Waals surface area contributed by atoms with Gasteiger partial charge in [-0.1, -0.05) is 31.0 Å². The molecule has 142 valence electrons. The van der Waals surface area contributed by atoms with E-state index < -0.39 is 0 Å². The Balaban J connectivity index is 1.41. The molecule has 4 rings (SSSR count). The van der Waals surface area contributed by atoms with Gasteiger partial charge in [-0.2, -0.15) is 0 Å². The molecule has 1 amide bonds. The lowest BCUT2D eigenvalue weighted by molar-refractivity contribution is 0.0761. The van der Waals surface area contributed by atoms with E-state index in [4.69, 9.17) is 0 Å². The second kappa shape index (κ2) is 8.42. The summed E-state index contributed by atoms with van der Waals surface area (Å²) < 4.78 is 0. The Bertz CT molecular complexity index is 748. The predicted molar refractivity (Wildman–Crippen MR) is 109 cm³/mol. The maximum absolute atomic E-state index is 12.9. The molecule has 3 heterocycles. The van der Waals surface area contributed by atoms with Gasteiger partial charge in [0.15, 0.2) is 0 Å².